The van der Waals surface area contributed by atoms with Crippen LogP contribution in [-0.4, -0.2) is 30.3 Å². The number of alkyl carbamates (subject to hydrolysis) is 1. The normalized spacial score (nSPS) is 13.1. The fourth-order valence-corrected chi connectivity index (χ4v) is 1.37. The van der Waals surface area contributed by atoms with Crippen LogP contribution >= 0.6 is 0 Å². The van der Waals surface area contributed by atoms with E-state index in [2.05, 4.69) is 5.32 Å². The van der Waals surface area contributed by atoms with E-state index in [4.69, 9.17) is 9.47 Å². The second-order valence-electron chi connectivity index (χ2n) is 5.15. The summed E-state index contributed by atoms with van der Waals surface area (Å²) < 4.78 is 9.96. The Balaban J connectivity index is 4.40. The molecule has 0 saturated heterocycles. The van der Waals surface area contributed by atoms with Crippen molar-refractivity contribution in [2.45, 2.75) is 59.1 Å². The molecule has 0 bridgehead atoms. The summed E-state index contributed by atoms with van der Waals surface area (Å²) in [5.74, 6) is -0.408. The lowest BCUT2D eigenvalue weighted by molar-refractivity contribution is -0.137. The number of amides is 1. The van der Waals surface area contributed by atoms with E-state index in [1.54, 1.807) is 33.8 Å². The molecule has 0 aliphatic heterocycles. The highest BCUT2D eigenvalue weighted by molar-refractivity contribution is 5.82. The lowest BCUT2D eigenvalue weighted by Crippen LogP contribution is -2.38. The highest BCUT2D eigenvalue weighted by Gasteiger charge is 2.18. The molecule has 0 aliphatic rings. The molecule has 1 atom stereocenters. The summed E-state index contributed by atoms with van der Waals surface area (Å²) in [6.45, 7) is 9.49. The van der Waals surface area contributed by atoms with E-state index in [1.165, 1.54) is 6.08 Å². The van der Waals surface area contributed by atoms with Gasteiger partial charge in [0, 0.05) is 6.08 Å². The van der Waals surface area contributed by atoms with Crippen LogP contribution < -0.4 is 5.32 Å². The lowest BCUT2D eigenvalue weighted by atomic mass is 10.1. The Morgan fingerprint density at radius 2 is 1.89 bits per heavy atom. The molecular weight excluding hydrogens is 246 g/mol. The molecule has 0 aliphatic carbocycles. The summed E-state index contributed by atoms with van der Waals surface area (Å²) >= 11 is 0. The summed E-state index contributed by atoms with van der Waals surface area (Å²) in [6.07, 6.45) is 4.09. The maximum absolute atomic E-state index is 11.6. The van der Waals surface area contributed by atoms with Gasteiger partial charge >= 0.3 is 12.1 Å². The van der Waals surface area contributed by atoms with Gasteiger partial charge in [0.1, 0.15) is 5.60 Å². The Morgan fingerprint density at radius 3 is 2.37 bits per heavy atom. The predicted octanol–water partition coefficient (Wildman–Crippen LogP) is 2.80. The second kappa shape index (κ2) is 8.56. The molecule has 0 unspecified atom stereocenters. The molecule has 0 aromatic rings. The van der Waals surface area contributed by atoms with Gasteiger partial charge in [0.2, 0.25) is 0 Å². The molecule has 19 heavy (non-hydrogen) atoms. The van der Waals surface area contributed by atoms with Crippen molar-refractivity contribution in [1.29, 1.82) is 0 Å². The number of esters is 1. The summed E-state index contributed by atoms with van der Waals surface area (Å²) in [5, 5.41) is 2.72. The number of nitrogens with one attached hydrogen (secondary N) is 1. The Hall–Kier alpha value is -1.52. The standard InChI is InChI=1S/C14H25NO4/c1-6-8-11(9-10-12(16)18-7-2)15-13(17)19-14(3,4)5/h9-11H,6-8H2,1-5H3,(H,15,17)/b10-9+/t11-/m1/s1. The molecule has 1 amide bonds. The van der Waals surface area contributed by atoms with E-state index in [0.717, 1.165) is 12.8 Å². The van der Waals surface area contributed by atoms with E-state index in [-0.39, 0.29) is 6.04 Å². The first kappa shape index (κ1) is 17.5. The molecule has 5 nitrogen and oxygen atoms in total. The zero-order valence-corrected chi connectivity index (χ0v) is 12.5. The average molecular weight is 271 g/mol. The van der Waals surface area contributed by atoms with E-state index in [9.17, 15) is 9.59 Å². The molecule has 0 rings (SSSR count). The van der Waals surface area contributed by atoms with Crippen molar-refractivity contribution >= 4 is 12.1 Å². The molecular formula is C14H25NO4. The summed E-state index contributed by atoms with van der Waals surface area (Å²) in [7, 11) is 0. The van der Waals surface area contributed by atoms with Crippen LogP contribution in [0.3, 0.4) is 0 Å². The van der Waals surface area contributed by atoms with Crippen LogP contribution in [0.5, 0.6) is 0 Å². The minimum Gasteiger partial charge on any atom is -0.463 e. The molecule has 0 saturated carbocycles. The Morgan fingerprint density at radius 1 is 1.26 bits per heavy atom. The second-order valence-corrected chi connectivity index (χ2v) is 5.15. The smallest absolute Gasteiger partial charge is 0.408 e. The monoisotopic (exact) mass is 271 g/mol. The van der Waals surface area contributed by atoms with Crippen molar-refractivity contribution in [1.82, 2.24) is 5.32 Å². The third-order valence-corrected chi connectivity index (χ3v) is 2.05. The maximum atomic E-state index is 11.6. The van der Waals surface area contributed by atoms with Crippen LogP contribution in [-0.2, 0) is 14.3 Å². The van der Waals surface area contributed by atoms with E-state index < -0.39 is 17.7 Å². The Bertz CT molecular complexity index is 318. The highest BCUT2D eigenvalue weighted by atomic mass is 16.6. The molecule has 0 fully saturated rings. The van der Waals surface area contributed by atoms with Gasteiger partial charge in [-0.3, -0.25) is 0 Å². The van der Waals surface area contributed by atoms with Crippen molar-refractivity contribution in [3.8, 4) is 0 Å². The number of hydrogen-bond donors (Lipinski definition) is 1. The van der Waals surface area contributed by atoms with Crippen molar-refractivity contribution in [3.63, 3.8) is 0 Å². The zero-order valence-electron chi connectivity index (χ0n) is 12.5. The third-order valence-electron chi connectivity index (χ3n) is 2.05. The van der Waals surface area contributed by atoms with Crippen molar-refractivity contribution in [3.05, 3.63) is 12.2 Å². The predicted molar refractivity (Wildman–Crippen MR) is 73.8 cm³/mol. The van der Waals surface area contributed by atoms with Crippen LogP contribution in [0.1, 0.15) is 47.5 Å². The first-order valence-corrected chi connectivity index (χ1v) is 6.63. The molecule has 0 aromatic carbocycles. The van der Waals surface area contributed by atoms with Gasteiger partial charge in [-0.15, -0.1) is 0 Å². The van der Waals surface area contributed by atoms with Gasteiger partial charge in [-0.05, 0) is 34.1 Å². The van der Waals surface area contributed by atoms with Gasteiger partial charge < -0.3 is 14.8 Å². The minimum absolute atomic E-state index is 0.232. The SMILES string of the molecule is CCC[C@H](/C=C/C(=O)OCC)NC(=O)OC(C)(C)C. The topological polar surface area (TPSA) is 64.6 Å². The third kappa shape index (κ3) is 10.1. The number of carbonyl (C=O) groups excluding carboxylic acids is 2. The molecule has 0 radical (unpaired) electrons. The van der Waals surface area contributed by atoms with Crippen LogP contribution in [0, 0.1) is 0 Å². The maximum Gasteiger partial charge on any atom is 0.408 e. The molecule has 1 N–H and O–H groups in total. The molecule has 0 heterocycles. The van der Waals surface area contributed by atoms with Crippen LogP contribution in [0.15, 0.2) is 12.2 Å². The fraction of sp³-hybridized carbons (Fsp3) is 0.714. The number of ether oxygens (including phenoxy) is 2. The molecule has 110 valence electrons. The van der Waals surface area contributed by atoms with Crippen molar-refractivity contribution in [2.75, 3.05) is 6.61 Å². The highest BCUT2D eigenvalue weighted by Crippen LogP contribution is 2.08. The van der Waals surface area contributed by atoms with Crippen molar-refractivity contribution in [2.24, 2.45) is 0 Å². The fourth-order valence-electron chi connectivity index (χ4n) is 1.37. The molecule has 0 spiro atoms. The minimum atomic E-state index is -0.536. The molecule has 0 aromatic heterocycles. The van der Waals surface area contributed by atoms with Crippen LogP contribution in [0.25, 0.3) is 0 Å². The van der Waals surface area contributed by atoms with E-state index in [0.29, 0.717) is 6.61 Å². The average Bonchev–Trinajstić information content (AvgIpc) is 2.24. The summed E-state index contributed by atoms with van der Waals surface area (Å²) in [6, 6.07) is -0.232. The van der Waals surface area contributed by atoms with Crippen molar-refractivity contribution < 1.29 is 19.1 Å². The molecule has 5 heteroatoms. The Labute approximate surface area is 115 Å². The zero-order chi connectivity index (χ0) is 14.9. The van der Waals surface area contributed by atoms with Gasteiger partial charge in [0.25, 0.3) is 0 Å². The van der Waals surface area contributed by atoms with Crippen LogP contribution in [0.2, 0.25) is 0 Å². The lowest BCUT2D eigenvalue weighted by Gasteiger charge is -2.22. The van der Waals surface area contributed by atoms with Gasteiger partial charge in [0.15, 0.2) is 0 Å². The van der Waals surface area contributed by atoms with Gasteiger partial charge in [-0.2, -0.15) is 0 Å². The van der Waals surface area contributed by atoms with Gasteiger partial charge in [0.05, 0.1) is 12.6 Å². The number of hydrogen-bond acceptors (Lipinski definition) is 4. The first-order chi connectivity index (χ1) is 8.78. The van der Waals surface area contributed by atoms with E-state index >= 15 is 0 Å². The van der Waals surface area contributed by atoms with Gasteiger partial charge in [-0.25, -0.2) is 9.59 Å². The summed E-state index contributed by atoms with van der Waals surface area (Å²) in [4.78, 5) is 22.8. The van der Waals surface area contributed by atoms with E-state index in [1.807, 2.05) is 6.92 Å². The first-order valence-electron chi connectivity index (χ1n) is 6.63. The van der Waals surface area contributed by atoms with Crippen LogP contribution in [0.4, 0.5) is 4.79 Å². The Kier molecular flexibility index (Phi) is 7.87. The van der Waals surface area contributed by atoms with Gasteiger partial charge in [-0.1, -0.05) is 19.4 Å². The number of carbonyl (C=O) groups is 2. The summed E-state index contributed by atoms with van der Waals surface area (Å²) in [5.41, 5.74) is -0.536. The number of rotatable bonds is 6. The largest absolute Gasteiger partial charge is 0.463 e. The quantitative estimate of drug-likeness (QED) is 0.596.